The number of carbonyl (C=O) groups excluding carboxylic acids is 2. The van der Waals surface area contributed by atoms with Crippen LogP contribution in [0.4, 0.5) is 5.69 Å². The van der Waals surface area contributed by atoms with Crippen molar-refractivity contribution in [2.45, 2.75) is 26.4 Å². The summed E-state index contributed by atoms with van der Waals surface area (Å²) in [6, 6.07) is 5.15. The zero-order valence-electron chi connectivity index (χ0n) is 11.6. The molecule has 0 aliphatic carbocycles. The van der Waals surface area contributed by atoms with Gasteiger partial charge in [0.2, 0.25) is 0 Å². The van der Waals surface area contributed by atoms with Gasteiger partial charge in [-0.3, -0.25) is 14.5 Å². The van der Waals surface area contributed by atoms with Crippen LogP contribution in [0.15, 0.2) is 24.5 Å². The molecule has 0 saturated carbocycles. The van der Waals surface area contributed by atoms with Gasteiger partial charge < -0.3 is 0 Å². The summed E-state index contributed by atoms with van der Waals surface area (Å²) in [6.07, 6.45) is 1.44. The first-order valence-corrected chi connectivity index (χ1v) is 6.91. The largest absolute Gasteiger partial charge is 0.299 e. The normalized spacial score (nSPS) is 14.2. The van der Waals surface area contributed by atoms with Crippen LogP contribution in [0.2, 0.25) is 5.02 Å². The van der Waals surface area contributed by atoms with Crippen molar-refractivity contribution in [3.63, 3.8) is 0 Å². The van der Waals surface area contributed by atoms with Gasteiger partial charge in [-0.25, -0.2) is 9.67 Å². The van der Waals surface area contributed by atoms with Crippen molar-refractivity contribution in [1.29, 1.82) is 0 Å². The van der Waals surface area contributed by atoms with Gasteiger partial charge in [0.1, 0.15) is 12.2 Å². The summed E-state index contributed by atoms with van der Waals surface area (Å²) in [6.45, 7) is 4.13. The molecule has 0 fully saturated rings. The lowest BCUT2D eigenvalue weighted by Crippen LogP contribution is -2.30. The molecule has 1 aliphatic rings. The van der Waals surface area contributed by atoms with Crippen molar-refractivity contribution >= 4 is 29.0 Å². The Bertz CT molecular complexity index is 738. The van der Waals surface area contributed by atoms with E-state index in [9.17, 15) is 9.59 Å². The first-order chi connectivity index (χ1) is 10.0. The molecule has 2 heterocycles. The predicted molar refractivity (Wildman–Crippen MR) is 77.4 cm³/mol. The minimum Gasteiger partial charge on any atom is -0.297 e. The number of hydrogen-bond acceptors (Lipinski definition) is 4. The number of hydrogen-bond donors (Lipinski definition) is 0. The molecule has 108 valence electrons. The number of rotatable bonds is 3. The Morgan fingerprint density at radius 1 is 1.29 bits per heavy atom. The number of halogens is 1. The highest BCUT2D eigenvalue weighted by atomic mass is 35.5. The SMILES string of the molecule is CC(C)n1ncnc1CN1C(=O)C(=O)c2c(Cl)cccc21. The van der Waals surface area contributed by atoms with E-state index in [1.807, 2.05) is 13.8 Å². The molecule has 0 unspecified atom stereocenters. The third-order valence-electron chi connectivity index (χ3n) is 3.38. The van der Waals surface area contributed by atoms with Crippen LogP contribution < -0.4 is 4.90 Å². The number of aromatic nitrogens is 3. The number of Topliss-reactive ketones (excluding diaryl/α,β-unsaturated/α-hetero) is 1. The van der Waals surface area contributed by atoms with Crippen LogP contribution in [0, 0.1) is 0 Å². The van der Waals surface area contributed by atoms with E-state index in [0.29, 0.717) is 16.5 Å². The molecule has 21 heavy (non-hydrogen) atoms. The van der Waals surface area contributed by atoms with Crippen molar-refractivity contribution in [2.24, 2.45) is 0 Å². The summed E-state index contributed by atoms with van der Waals surface area (Å²) in [4.78, 5) is 29.8. The third kappa shape index (κ3) is 2.12. The van der Waals surface area contributed by atoms with Gasteiger partial charge in [-0.2, -0.15) is 5.10 Å². The number of benzene rings is 1. The smallest absolute Gasteiger partial charge is 0.297 e. The zero-order valence-corrected chi connectivity index (χ0v) is 12.3. The van der Waals surface area contributed by atoms with E-state index in [4.69, 9.17) is 11.6 Å². The Labute approximate surface area is 126 Å². The van der Waals surface area contributed by atoms with E-state index in [2.05, 4.69) is 10.1 Å². The summed E-state index contributed by atoms with van der Waals surface area (Å²) in [5, 5.41) is 4.42. The molecule has 6 nitrogen and oxygen atoms in total. The van der Waals surface area contributed by atoms with E-state index < -0.39 is 11.7 Å². The van der Waals surface area contributed by atoms with Crippen molar-refractivity contribution in [3.05, 3.63) is 40.9 Å². The van der Waals surface area contributed by atoms with Crippen LogP contribution in [0.3, 0.4) is 0 Å². The van der Waals surface area contributed by atoms with Gasteiger partial charge >= 0.3 is 0 Å². The predicted octanol–water partition coefficient (Wildman–Crippen LogP) is 2.24. The van der Waals surface area contributed by atoms with Crippen LogP contribution in [-0.2, 0) is 11.3 Å². The maximum absolute atomic E-state index is 12.2. The number of fused-ring (bicyclic) bond motifs is 1. The summed E-state index contributed by atoms with van der Waals surface area (Å²) < 4.78 is 1.72. The quantitative estimate of drug-likeness (QED) is 0.816. The highest BCUT2D eigenvalue weighted by Gasteiger charge is 2.38. The van der Waals surface area contributed by atoms with Gasteiger partial charge in [0.25, 0.3) is 11.7 Å². The minimum absolute atomic E-state index is 0.120. The fourth-order valence-corrected chi connectivity index (χ4v) is 2.67. The molecule has 2 aromatic rings. The third-order valence-corrected chi connectivity index (χ3v) is 3.70. The van der Waals surface area contributed by atoms with Gasteiger partial charge in [0, 0.05) is 6.04 Å². The minimum atomic E-state index is -0.587. The molecule has 0 radical (unpaired) electrons. The monoisotopic (exact) mass is 304 g/mol. The van der Waals surface area contributed by atoms with Crippen LogP contribution >= 0.6 is 11.6 Å². The second kappa shape index (κ2) is 4.96. The molecule has 1 aromatic carbocycles. The Morgan fingerprint density at radius 2 is 2.05 bits per heavy atom. The first-order valence-electron chi connectivity index (χ1n) is 6.53. The second-order valence-corrected chi connectivity index (χ2v) is 5.48. The lowest BCUT2D eigenvalue weighted by atomic mass is 10.1. The summed E-state index contributed by atoms with van der Waals surface area (Å²) in [5.41, 5.74) is 0.788. The molecule has 1 aliphatic heterocycles. The fraction of sp³-hybridized carbons (Fsp3) is 0.286. The van der Waals surface area contributed by atoms with Crippen molar-refractivity contribution < 1.29 is 9.59 Å². The fourth-order valence-electron chi connectivity index (χ4n) is 2.42. The van der Waals surface area contributed by atoms with E-state index >= 15 is 0 Å². The van der Waals surface area contributed by atoms with E-state index in [0.717, 1.165) is 0 Å². The molecule has 0 atom stereocenters. The number of anilines is 1. The first kappa shape index (κ1) is 13.8. The average molecular weight is 305 g/mol. The van der Waals surface area contributed by atoms with Crippen LogP contribution in [0.5, 0.6) is 0 Å². The zero-order chi connectivity index (χ0) is 15.1. The standard InChI is InChI=1S/C14H13ClN4O2/c1-8(2)19-11(16-7-17-19)6-18-10-5-3-4-9(15)12(10)13(20)14(18)21/h3-5,7-8H,6H2,1-2H3. The van der Waals surface area contributed by atoms with Crippen molar-refractivity contribution in [1.82, 2.24) is 14.8 Å². The van der Waals surface area contributed by atoms with Crippen LogP contribution in [-0.4, -0.2) is 26.5 Å². The van der Waals surface area contributed by atoms with E-state index in [1.165, 1.54) is 11.2 Å². The van der Waals surface area contributed by atoms with E-state index in [-0.39, 0.29) is 18.2 Å². The van der Waals surface area contributed by atoms with Crippen molar-refractivity contribution in [3.8, 4) is 0 Å². The molecule has 1 aromatic heterocycles. The maximum Gasteiger partial charge on any atom is 0.299 e. The maximum atomic E-state index is 12.2. The Kier molecular flexibility index (Phi) is 3.25. The molecule has 7 heteroatoms. The molecule has 0 spiro atoms. The molecular formula is C14H13ClN4O2. The van der Waals surface area contributed by atoms with Gasteiger partial charge in [-0.05, 0) is 26.0 Å². The van der Waals surface area contributed by atoms with Crippen LogP contribution in [0.1, 0.15) is 36.1 Å². The average Bonchev–Trinajstić information content (AvgIpc) is 2.99. The van der Waals surface area contributed by atoms with Crippen molar-refractivity contribution in [2.75, 3.05) is 4.90 Å². The highest BCUT2D eigenvalue weighted by Crippen LogP contribution is 2.34. The molecule has 3 rings (SSSR count). The molecule has 1 amide bonds. The second-order valence-electron chi connectivity index (χ2n) is 5.07. The summed E-state index contributed by atoms with van der Waals surface area (Å²) >= 11 is 6.03. The topological polar surface area (TPSA) is 68.1 Å². The van der Waals surface area contributed by atoms with Gasteiger partial charge in [-0.1, -0.05) is 17.7 Å². The van der Waals surface area contributed by atoms with Crippen LogP contribution in [0.25, 0.3) is 0 Å². The van der Waals surface area contributed by atoms with Gasteiger partial charge in [0.05, 0.1) is 22.8 Å². The number of ketones is 1. The summed E-state index contributed by atoms with van der Waals surface area (Å²) in [5.74, 6) is -0.540. The summed E-state index contributed by atoms with van der Waals surface area (Å²) in [7, 11) is 0. The molecular weight excluding hydrogens is 292 g/mol. The number of nitrogens with zero attached hydrogens (tertiary/aromatic N) is 4. The lowest BCUT2D eigenvalue weighted by Gasteiger charge is -2.17. The lowest BCUT2D eigenvalue weighted by molar-refractivity contribution is -0.114. The van der Waals surface area contributed by atoms with Gasteiger partial charge in [0.15, 0.2) is 0 Å². The Hall–Kier alpha value is -2.21. The number of carbonyl (C=O) groups is 2. The Balaban J connectivity index is 2.01. The number of amides is 1. The highest BCUT2D eigenvalue weighted by molar-refractivity contribution is 6.55. The van der Waals surface area contributed by atoms with Gasteiger partial charge in [-0.15, -0.1) is 0 Å². The van der Waals surface area contributed by atoms with E-state index in [1.54, 1.807) is 22.9 Å². The molecule has 0 N–H and O–H groups in total. The molecule has 0 bridgehead atoms. The Morgan fingerprint density at radius 3 is 2.76 bits per heavy atom. The molecule has 0 saturated heterocycles.